The second-order valence-corrected chi connectivity index (χ2v) is 16.8. The number of allylic oxidation sites excluding steroid dienone is 6. The minimum absolute atomic E-state index is 0.0268. The van der Waals surface area contributed by atoms with Crippen LogP contribution >= 0.6 is 7.82 Å². The number of hydrogen-bond acceptors (Lipinski definition) is 10. The first kappa shape index (κ1) is 56.4. The highest BCUT2D eigenvalue weighted by molar-refractivity contribution is 7.47. The molecule has 0 saturated heterocycles. The smallest absolute Gasteiger partial charge is 0.472 e. The first-order chi connectivity index (χ1) is 28.5. The lowest BCUT2D eigenvalue weighted by molar-refractivity contribution is -0.161. The van der Waals surface area contributed by atoms with Crippen LogP contribution in [0, 0.1) is 0 Å². The van der Waals surface area contributed by atoms with Crippen LogP contribution in [0.4, 0.5) is 0 Å². The number of unbranched alkanes of at least 4 members (excludes halogenated alkanes) is 20. The van der Waals surface area contributed by atoms with Crippen LogP contribution in [0.15, 0.2) is 48.6 Å². The molecule has 0 radical (unpaired) electrons. The van der Waals surface area contributed by atoms with Crippen molar-refractivity contribution >= 4 is 25.7 Å². The summed E-state index contributed by atoms with van der Waals surface area (Å²) in [5.74, 6) is -2.52. The van der Waals surface area contributed by atoms with Crippen LogP contribution in [-0.4, -0.2) is 71.1 Å². The Labute approximate surface area is 357 Å². The van der Waals surface area contributed by atoms with E-state index in [1.54, 1.807) is 18.2 Å². The Bertz CT molecular complexity index is 1210. The minimum Gasteiger partial charge on any atom is -0.480 e. The lowest BCUT2D eigenvalue weighted by Gasteiger charge is -2.20. The second kappa shape index (κ2) is 40.8. The van der Waals surface area contributed by atoms with Gasteiger partial charge in [-0.15, -0.1) is 0 Å². The number of nitrogens with two attached hydrogens (primary N) is 1. The van der Waals surface area contributed by atoms with Crippen LogP contribution < -0.4 is 5.73 Å². The van der Waals surface area contributed by atoms with Gasteiger partial charge in [-0.25, -0.2) is 4.57 Å². The first-order valence-corrected chi connectivity index (χ1v) is 24.3. The standard InChI is InChI=1S/C46H82NO11P/c1-3-5-7-9-11-13-14-15-16-17-18-19-20-22-24-28-32-36-44(49)55-38-42(39-56-59(53,54)57-40-43(47)46(51)52)58-45(50)37-33-29-25-27-31-35-41(48)34-30-26-23-21-12-10-8-6-4-2/h12,21,25-27,30-31,35,41-43,48H,3-11,13-20,22-24,28-29,32-34,36-40,47H2,1-2H3,(H,51,52)(H,53,54)/b21-12-,27-25+,30-26-,35-31-/t41?,42-,43+/m1/s1. The van der Waals surface area contributed by atoms with Crippen LogP contribution in [0.5, 0.6) is 0 Å². The molecule has 342 valence electrons. The number of carbonyl (C=O) groups is 3. The van der Waals surface area contributed by atoms with Crippen LogP contribution in [0.1, 0.15) is 187 Å². The summed E-state index contributed by atoms with van der Waals surface area (Å²) in [6.07, 6.45) is 42.0. The van der Waals surface area contributed by atoms with Gasteiger partial charge in [0.15, 0.2) is 6.10 Å². The maximum Gasteiger partial charge on any atom is 0.472 e. The fraction of sp³-hybridized carbons (Fsp3) is 0.761. The molecule has 5 N–H and O–H groups in total. The van der Waals surface area contributed by atoms with Crippen LogP contribution in [0.2, 0.25) is 0 Å². The predicted molar refractivity (Wildman–Crippen MR) is 237 cm³/mol. The van der Waals surface area contributed by atoms with E-state index in [1.807, 2.05) is 18.2 Å². The van der Waals surface area contributed by atoms with E-state index in [-0.39, 0.29) is 12.8 Å². The first-order valence-electron chi connectivity index (χ1n) is 22.8. The van der Waals surface area contributed by atoms with Gasteiger partial charge in [-0.3, -0.25) is 23.4 Å². The summed E-state index contributed by atoms with van der Waals surface area (Å²) in [5, 5.41) is 19.0. The molecule has 0 aromatic carbocycles. The van der Waals surface area contributed by atoms with Gasteiger partial charge in [0.05, 0.1) is 19.3 Å². The van der Waals surface area contributed by atoms with Gasteiger partial charge in [0, 0.05) is 12.8 Å². The quantitative estimate of drug-likeness (QED) is 0.0150. The van der Waals surface area contributed by atoms with E-state index < -0.39 is 63.8 Å². The van der Waals surface area contributed by atoms with E-state index in [1.165, 1.54) is 103 Å². The maximum atomic E-state index is 12.6. The molecule has 13 heteroatoms. The molecule has 0 fully saturated rings. The van der Waals surface area contributed by atoms with E-state index in [2.05, 4.69) is 30.5 Å². The number of aliphatic hydroxyl groups excluding tert-OH is 1. The van der Waals surface area contributed by atoms with Gasteiger partial charge in [-0.2, -0.15) is 0 Å². The third kappa shape index (κ3) is 40.6. The number of carboxylic acids is 1. The summed E-state index contributed by atoms with van der Waals surface area (Å²) in [6, 6.07) is -1.54. The molecular formula is C46H82NO11P. The highest BCUT2D eigenvalue weighted by Crippen LogP contribution is 2.43. The Morgan fingerprint density at radius 3 is 1.71 bits per heavy atom. The molecule has 0 amide bonds. The van der Waals surface area contributed by atoms with Gasteiger partial charge in [-0.1, -0.05) is 178 Å². The number of aliphatic carboxylic acids is 1. The average molecular weight is 856 g/mol. The number of carboxylic acid groups (broad SMARTS) is 1. The number of phosphoric ester groups is 1. The van der Waals surface area contributed by atoms with Crippen molar-refractivity contribution in [1.29, 1.82) is 0 Å². The normalized spacial score (nSPS) is 14.7. The molecule has 0 rings (SSSR count). The van der Waals surface area contributed by atoms with Gasteiger partial charge in [0.25, 0.3) is 0 Å². The molecule has 0 heterocycles. The van der Waals surface area contributed by atoms with Crippen molar-refractivity contribution in [2.75, 3.05) is 19.8 Å². The van der Waals surface area contributed by atoms with E-state index in [9.17, 15) is 28.9 Å². The van der Waals surface area contributed by atoms with Gasteiger partial charge < -0.3 is 30.3 Å². The molecule has 0 spiro atoms. The van der Waals surface area contributed by atoms with Gasteiger partial charge in [0.1, 0.15) is 12.6 Å². The Balaban J connectivity index is 4.50. The molecule has 2 unspecified atom stereocenters. The highest BCUT2D eigenvalue weighted by Gasteiger charge is 2.28. The zero-order valence-corrected chi connectivity index (χ0v) is 37.6. The van der Waals surface area contributed by atoms with E-state index in [4.69, 9.17) is 24.8 Å². The maximum absolute atomic E-state index is 12.6. The van der Waals surface area contributed by atoms with Crippen LogP contribution in [-0.2, 0) is 37.5 Å². The fourth-order valence-corrected chi connectivity index (χ4v) is 6.80. The summed E-state index contributed by atoms with van der Waals surface area (Å²) in [7, 11) is -4.75. The fourth-order valence-electron chi connectivity index (χ4n) is 6.02. The topological polar surface area (TPSA) is 192 Å². The molecule has 0 aliphatic heterocycles. The minimum atomic E-state index is -4.75. The predicted octanol–water partition coefficient (Wildman–Crippen LogP) is 11.1. The van der Waals surface area contributed by atoms with E-state index >= 15 is 0 Å². The summed E-state index contributed by atoms with van der Waals surface area (Å²) in [6.45, 7) is 2.64. The zero-order chi connectivity index (χ0) is 43.7. The van der Waals surface area contributed by atoms with Crippen molar-refractivity contribution in [1.82, 2.24) is 0 Å². The summed E-state index contributed by atoms with van der Waals surface area (Å²) < 4.78 is 32.6. The summed E-state index contributed by atoms with van der Waals surface area (Å²) in [5.41, 5.74) is 5.33. The molecular weight excluding hydrogens is 773 g/mol. The Kier molecular flexibility index (Phi) is 39.0. The second-order valence-electron chi connectivity index (χ2n) is 15.4. The Morgan fingerprint density at radius 2 is 1.12 bits per heavy atom. The number of phosphoric acid groups is 1. The molecule has 0 aromatic rings. The number of esters is 2. The van der Waals surface area contributed by atoms with Gasteiger partial charge in [-0.05, 0) is 44.9 Å². The molecule has 0 aliphatic rings. The summed E-state index contributed by atoms with van der Waals surface area (Å²) >= 11 is 0. The average Bonchev–Trinajstić information content (AvgIpc) is 3.21. The van der Waals surface area contributed by atoms with Gasteiger partial charge in [0.2, 0.25) is 0 Å². The van der Waals surface area contributed by atoms with Crippen LogP contribution in [0.25, 0.3) is 0 Å². The van der Waals surface area contributed by atoms with Crippen molar-refractivity contribution in [3.63, 3.8) is 0 Å². The molecule has 59 heavy (non-hydrogen) atoms. The number of carbonyl (C=O) groups excluding carboxylic acids is 2. The number of ether oxygens (including phenoxy) is 2. The Morgan fingerprint density at radius 1 is 0.610 bits per heavy atom. The molecule has 4 atom stereocenters. The molecule has 0 aromatic heterocycles. The molecule has 0 aliphatic carbocycles. The van der Waals surface area contributed by atoms with Crippen LogP contribution in [0.3, 0.4) is 0 Å². The lowest BCUT2D eigenvalue weighted by Crippen LogP contribution is -2.34. The van der Waals surface area contributed by atoms with Crippen molar-refractivity contribution in [2.45, 2.75) is 205 Å². The van der Waals surface area contributed by atoms with E-state index in [0.29, 0.717) is 25.7 Å². The monoisotopic (exact) mass is 856 g/mol. The number of hydrogen-bond donors (Lipinski definition) is 4. The highest BCUT2D eigenvalue weighted by atomic mass is 31.2. The SMILES string of the molecule is CCCCC/C=C\C/C=C\CC(O)/C=C\C=C\CCCC(=O)O[C@H](COC(=O)CCCCCCCCCCCCCCCCCCC)COP(=O)(O)OC[C@H](N)C(=O)O. The van der Waals surface area contributed by atoms with Gasteiger partial charge >= 0.3 is 25.7 Å². The molecule has 0 saturated carbocycles. The third-order valence-corrected chi connectivity index (χ3v) is 10.6. The van der Waals surface area contributed by atoms with Crippen molar-refractivity contribution in [3.05, 3.63) is 48.6 Å². The number of rotatable bonds is 42. The van der Waals surface area contributed by atoms with Crippen molar-refractivity contribution < 1.29 is 52.6 Å². The van der Waals surface area contributed by atoms with Crippen molar-refractivity contribution in [3.8, 4) is 0 Å². The molecule has 12 nitrogen and oxygen atoms in total. The van der Waals surface area contributed by atoms with Crippen molar-refractivity contribution in [2.24, 2.45) is 5.73 Å². The summed E-state index contributed by atoms with van der Waals surface area (Å²) in [4.78, 5) is 46.0. The molecule has 0 bridgehead atoms. The zero-order valence-electron chi connectivity index (χ0n) is 36.7. The van der Waals surface area contributed by atoms with E-state index in [0.717, 1.165) is 32.1 Å². The lowest BCUT2D eigenvalue weighted by atomic mass is 10.0. The Hall–Kier alpha value is -2.60. The number of aliphatic hydroxyl groups is 1. The largest absolute Gasteiger partial charge is 0.480 e. The third-order valence-electron chi connectivity index (χ3n) is 9.66.